The number of carbonyl (C=O) groups is 3. The molecule has 22 heteroatoms. The first-order valence-corrected chi connectivity index (χ1v) is 27.3. The normalized spacial score (nSPS) is 17.9. The third-order valence-corrected chi connectivity index (χ3v) is 24.7. The van der Waals surface area contributed by atoms with Crippen molar-refractivity contribution in [2.75, 3.05) is 45.9 Å². The van der Waals surface area contributed by atoms with Crippen molar-refractivity contribution in [1.29, 1.82) is 0 Å². The van der Waals surface area contributed by atoms with Gasteiger partial charge in [0.05, 0.1) is 78.1 Å². The van der Waals surface area contributed by atoms with E-state index < -0.39 is 11.9 Å². The van der Waals surface area contributed by atoms with E-state index in [0.717, 1.165) is 58.6 Å². The first-order chi connectivity index (χ1) is 28.7. The van der Waals surface area contributed by atoms with Crippen molar-refractivity contribution in [1.82, 2.24) is 9.97 Å². The number of methoxy groups -OCH3 is 3. The van der Waals surface area contributed by atoms with E-state index in [1.807, 2.05) is 25.3 Å². The Morgan fingerprint density at radius 1 is 0.576 bits per heavy atom. The lowest BCUT2D eigenvalue weighted by atomic mass is 10.1. The molecule has 0 saturated heterocycles. The minimum atomic E-state index is -0.579. The van der Waals surface area contributed by atoms with Gasteiger partial charge < -0.3 is 23.9 Å². The average molecular weight is 1010 g/mol. The van der Waals surface area contributed by atoms with E-state index in [9.17, 15) is 14.4 Å². The van der Waals surface area contributed by atoms with E-state index >= 15 is 0 Å². The van der Waals surface area contributed by atoms with Crippen LogP contribution in [-0.4, -0.2) is 73.8 Å². The van der Waals surface area contributed by atoms with Crippen LogP contribution in [0.2, 0.25) is 0 Å². The molecule has 2 aromatic rings. The SMILES string of the molecule is [C-]#[N+]CCSC1=C(SCc2ccnc(-c3cc(CSC4=C(SCC[N+]#[C-])S/C(=C5\SC(C)=C(C(=O)OC)S5)S4)ccn3)c2)SC(=C2SC(C(=O)OC)=C(C(=O)OC)S2)S1. The number of pyridine rings is 2. The Hall–Kier alpha value is -1.67. The number of esters is 3. The highest BCUT2D eigenvalue weighted by Gasteiger charge is 2.37. The zero-order chi connectivity index (χ0) is 41.9. The number of hydrogen-bond donors (Lipinski definition) is 0. The van der Waals surface area contributed by atoms with E-state index in [2.05, 4.69) is 31.8 Å². The van der Waals surface area contributed by atoms with Crippen LogP contribution in [0.4, 0.5) is 0 Å². The van der Waals surface area contributed by atoms with Crippen LogP contribution < -0.4 is 0 Å². The molecule has 0 amide bonds. The van der Waals surface area contributed by atoms with Crippen molar-refractivity contribution < 1.29 is 28.6 Å². The molecule has 10 nitrogen and oxygen atoms in total. The van der Waals surface area contributed by atoms with Crippen LogP contribution in [0, 0.1) is 13.1 Å². The maximum Gasteiger partial charge on any atom is 0.346 e. The first kappa shape index (κ1) is 46.8. The van der Waals surface area contributed by atoms with E-state index in [1.54, 1.807) is 112 Å². The Kier molecular flexibility index (Phi) is 18.4. The molecule has 0 aromatic carbocycles. The second-order valence-electron chi connectivity index (χ2n) is 11.3. The van der Waals surface area contributed by atoms with Crippen molar-refractivity contribution in [3.05, 3.63) is 124 Å². The zero-order valence-corrected chi connectivity index (χ0v) is 41.1. The maximum atomic E-state index is 12.5. The van der Waals surface area contributed by atoms with Crippen LogP contribution in [0.3, 0.4) is 0 Å². The Labute approximate surface area is 393 Å². The molecule has 0 unspecified atom stereocenters. The van der Waals surface area contributed by atoms with E-state index in [-0.39, 0.29) is 15.8 Å². The third kappa shape index (κ3) is 12.3. The molecule has 0 N–H and O–H groups in total. The summed E-state index contributed by atoms with van der Waals surface area (Å²) in [4.78, 5) is 55.7. The van der Waals surface area contributed by atoms with Gasteiger partial charge in [0.2, 0.25) is 13.1 Å². The molecule has 0 fully saturated rings. The second-order valence-corrected chi connectivity index (χ2v) is 25.9. The summed E-state index contributed by atoms with van der Waals surface area (Å²) in [6.07, 6.45) is 3.62. The molecule has 59 heavy (non-hydrogen) atoms. The van der Waals surface area contributed by atoms with Gasteiger partial charge in [0.25, 0.3) is 0 Å². The Balaban J connectivity index is 1.13. The number of ether oxygens (including phenoxy) is 3. The van der Waals surface area contributed by atoms with Crippen LogP contribution in [0.15, 0.2) is 90.2 Å². The summed E-state index contributed by atoms with van der Waals surface area (Å²) in [5, 5.41) is 0. The summed E-state index contributed by atoms with van der Waals surface area (Å²) in [5.74, 6) is 1.29. The van der Waals surface area contributed by atoms with Crippen molar-refractivity contribution in [3.63, 3.8) is 0 Å². The van der Waals surface area contributed by atoms with E-state index in [1.165, 1.54) is 65.1 Å². The van der Waals surface area contributed by atoms with Gasteiger partial charge in [0.15, 0.2) is 0 Å². The van der Waals surface area contributed by atoms with E-state index in [4.69, 9.17) is 27.4 Å². The van der Waals surface area contributed by atoms with E-state index in [0.29, 0.717) is 35.3 Å². The van der Waals surface area contributed by atoms with Gasteiger partial charge >= 0.3 is 17.9 Å². The van der Waals surface area contributed by atoms with Crippen molar-refractivity contribution in [2.45, 2.75) is 18.4 Å². The topological polar surface area (TPSA) is 113 Å². The van der Waals surface area contributed by atoms with Gasteiger partial charge in [-0.1, -0.05) is 94.1 Å². The highest BCUT2D eigenvalue weighted by molar-refractivity contribution is 8.43. The molecular weight excluding hydrogens is 981 g/mol. The fraction of sp³-hybridized carbons (Fsp3) is 0.270. The molecule has 0 aliphatic carbocycles. The van der Waals surface area contributed by atoms with Crippen LogP contribution in [0.1, 0.15) is 18.1 Å². The van der Waals surface area contributed by atoms with Crippen LogP contribution >= 0.6 is 141 Å². The summed E-state index contributed by atoms with van der Waals surface area (Å²) in [7, 11) is 3.98. The molecule has 6 rings (SSSR count). The number of thioether (sulfide) groups is 12. The van der Waals surface area contributed by atoms with Crippen molar-refractivity contribution >= 4 is 159 Å². The number of allylic oxidation sites excluding steroid dienone is 1. The Morgan fingerprint density at radius 2 is 0.949 bits per heavy atom. The quantitative estimate of drug-likeness (QED) is 0.0687. The van der Waals surface area contributed by atoms with Gasteiger partial charge in [-0.2, -0.15) is 0 Å². The van der Waals surface area contributed by atoms with Gasteiger partial charge in [-0.05, 0) is 42.3 Å². The molecule has 0 saturated carbocycles. The summed E-state index contributed by atoms with van der Waals surface area (Å²) < 4.78 is 23.4. The van der Waals surface area contributed by atoms with Gasteiger partial charge in [0, 0.05) is 28.8 Å². The molecule has 0 atom stereocenters. The molecule has 4 aliphatic heterocycles. The van der Waals surface area contributed by atoms with Gasteiger partial charge in [-0.3, -0.25) is 9.97 Å². The third-order valence-electron chi connectivity index (χ3n) is 7.40. The fourth-order valence-electron chi connectivity index (χ4n) is 4.71. The average Bonchev–Trinajstić information content (AvgIpc) is 4.07. The Bertz CT molecular complexity index is 2300. The molecule has 6 heterocycles. The predicted molar refractivity (Wildman–Crippen MR) is 263 cm³/mol. The first-order valence-electron chi connectivity index (χ1n) is 16.8. The lowest BCUT2D eigenvalue weighted by Crippen LogP contribution is -2.08. The summed E-state index contributed by atoms with van der Waals surface area (Å²) in [5.41, 5.74) is 3.73. The zero-order valence-electron chi connectivity index (χ0n) is 31.3. The second kappa shape index (κ2) is 23.1. The Morgan fingerprint density at radius 3 is 1.37 bits per heavy atom. The standard InChI is InChI=1S/C37H30N4O6S12/c1-19-24(27(42)45-4)53-34(52-19)36-56-30(48-13-11-38-2)32(58-36)50-17-20-7-9-40-22(15-20)23-16-21(8-10-41-23)18-51-33-31(49-14-12-39-3)57-37(59-33)35-54-25(28(43)46-5)26(55-35)29(44)47-6/h7-10,15-16H,11-14,17-18H2,1,4-6H3/b36-34-. The number of aromatic nitrogens is 2. The largest absolute Gasteiger partial charge is 0.465 e. The molecule has 0 radical (unpaired) electrons. The number of rotatable bonds is 16. The smallest absolute Gasteiger partial charge is 0.346 e. The van der Waals surface area contributed by atoms with Crippen LogP contribution in [-0.2, 0) is 40.1 Å². The number of carbonyl (C=O) groups excluding carboxylic acids is 3. The minimum Gasteiger partial charge on any atom is -0.465 e. The molecular formula is C37H30N4O6S12. The fourth-order valence-corrected chi connectivity index (χ4v) is 21.7. The lowest BCUT2D eigenvalue weighted by Gasteiger charge is -2.08. The molecule has 0 bridgehead atoms. The van der Waals surface area contributed by atoms with Crippen LogP contribution in [0.5, 0.6) is 0 Å². The highest BCUT2D eigenvalue weighted by Crippen LogP contribution is 2.65. The molecule has 2 aromatic heterocycles. The highest BCUT2D eigenvalue weighted by atomic mass is 32.3. The monoisotopic (exact) mass is 1010 g/mol. The number of nitrogens with zero attached hydrogens (tertiary/aromatic N) is 4. The minimum absolute atomic E-state index is 0.219. The summed E-state index contributed by atoms with van der Waals surface area (Å²) in [6, 6.07) is 8.16. The van der Waals surface area contributed by atoms with Crippen molar-refractivity contribution in [3.8, 4) is 11.4 Å². The van der Waals surface area contributed by atoms with Gasteiger partial charge in [-0.25, -0.2) is 27.5 Å². The maximum absolute atomic E-state index is 12.5. The van der Waals surface area contributed by atoms with Crippen molar-refractivity contribution in [2.24, 2.45) is 0 Å². The van der Waals surface area contributed by atoms with Gasteiger partial charge in [-0.15, -0.1) is 47.0 Å². The molecule has 0 spiro atoms. The molecule has 306 valence electrons. The number of hydrogen-bond acceptors (Lipinski definition) is 20. The van der Waals surface area contributed by atoms with Gasteiger partial charge in [0.1, 0.15) is 14.7 Å². The molecule has 4 aliphatic rings. The summed E-state index contributed by atoms with van der Waals surface area (Å²) >= 11 is 18.9. The summed E-state index contributed by atoms with van der Waals surface area (Å²) in [6.45, 7) is 17.3. The van der Waals surface area contributed by atoms with Crippen LogP contribution in [0.25, 0.3) is 21.1 Å². The lowest BCUT2D eigenvalue weighted by molar-refractivity contribution is -0.138. The predicted octanol–water partition coefficient (Wildman–Crippen LogP) is 12.3.